The molecule has 0 saturated carbocycles. The summed E-state index contributed by atoms with van der Waals surface area (Å²) in [5, 5.41) is 0. The van der Waals surface area contributed by atoms with Crippen LogP contribution in [0.4, 0.5) is 0 Å². The third-order valence-corrected chi connectivity index (χ3v) is 2.42. The number of hydrogen-bond donors (Lipinski definition) is 0. The molecule has 1 aliphatic rings. The molecule has 0 unspecified atom stereocenters. The topological polar surface area (TPSA) is 0 Å². The Kier molecular flexibility index (Phi) is 2.98. The van der Waals surface area contributed by atoms with E-state index >= 15 is 0 Å². The Morgan fingerprint density at radius 3 is 3.00 bits per heavy atom. The van der Waals surface area contributed by atoms with Crippen LogP contribution in [0.3, 0.4) is 0 Å². The summed E-state index contributed by atoms with van der Waals surface area (Å²) < 4.78 is 0. The first kappa shape index (κ1) is 7.84. The molecule has 0 aliphatic heterocycles. The van der Waals surface area contributed by atoms with Crippen molar-refractivity contribution in [3.8, 4) is 0 Å². The number of allylic oxidation sites excluding steroid dienone is 2. The Labute approximate surface area is 64.3 Å². The van der Waals surface area contributed by atoms with Crippen LogP contribution >= 0.6 is 0 Å². The largest absolute Gasteiger partial charge is 0.0851 e. The minimum Gasteiger partial charge on any atom is -0.0851 e. The van der Waals surface area contributed by atoms with Gasteiger partial charge < -0.3 is 0 Å². The third-order valence-electron chi connectivity index (χ3n) is 2.42. The smallest absolute Gasteiger partial charge is 0.0232 e. The van der Waals surface area contributed by atoms with E-state index in [2.05, 4.69) is 19.9 Å². The molecule has 0 heteroatoms. The third kappa shape index (κ3) is 1.86. The van der Waals surface area contributed by atoms with Gasteiger partial charge in [-0.15, -0.1) is 0 Å². The minimum absolute atomic E-state index is 0.883. The molecule has 0 N–H and O–H groups in total. The molecule has 0 heterocycles. The fraction of sp³-hybridized carbons (Fsp3) is 0.800. The second-order valence-electron chi connectivity index (χ2n) is 3.36. The van der Waals surface area contributed by atoms with Crippen LogP contribution in [0.25, 0.3) is 0 Å². The van der Waals surface area contributed by atoms with E-state index in [1.54, 1.807) is 5.57 Å². The monoisotopic (exact) mass is 138 g/mol. The number of rotatable bonds is 2. The van der Waals surface area contributed by atoms with Gasteiger partial charge in [0.25, 0.3) is 0 Å². The fourth-order valence-corrected chi connectivity index (χ4v) is 1.74. The van der Waals surface area contributed by atoms with E-state index in [1.807, 2.05) is 0 Å². The molecular formula is C10H18. The van der Waals surface area contributed by atoms with E-state index in [0.29, 0.717) is 0 Å². The van der Waals surface area contributed by atoms with E-state index in [-0.39, 0.29) is 0 Å². The van der Waals surface area contributed by atoms with Crippen LogP contribution < -0.4 is 0 Å². The van der Waals surface area contributed by atoms with E-state index < -0.39 is 0 Å². The molecule has 0 spiro atoms. The maximum atomic E-state index is 2.46. The highest BCUT2D eigenvalue weighted by Crippen LogP contribution is 2.26. The summed E-state index contributed by atoms with van der Waals surface area (Å²) in [6.45, 7) is 4.63. The summed E-state index contributed by atoms with van der Waals surface area (Å²) in [5.74, 6) is 0.883. The van der Waals surface area contributed by atoms with Crippen molar-refractivity contribution in [1.29, 1.82) is 0 Å². The molecule has 0 aromatic rings. The maximum Gasteiger partial charge on any atom is -0.0232 e. The van der Waals surface area contributed by atoms with Gasteiger partial charge in [0, 0.05) is 0 Å². The summed E-state index contributed by atoms with van der Waals surface area (Å²) in [4.78, 5) is 0. The zero-order valence-electron chi connectivity index (χ0n) is 7.19. The van der Waals surface area contributed by atoms with Gasteiger partial charge in [-0.1, -0.05) is 31.9 Å². The normalized spacial score (nSPS) is 26.2. The quantitative estimate of drug-likeness (QED) is 0.512. The minimum atomic E-state index is 0.883. The molecule has 0 nitrogen and oxygen atoms in total. The lowest BCUT2D eigenvalue weighted by molar-refractivity contribution is 0.529. The Balaban J connectivity index is 2.44. The molecule has 0 aromatic heterocycles. The second kappa shape index (κ2) is 3.80. The van der Waals surface area contributed by atoms with Crippen LogP contribution in [0.1, 0.15) is 46.0 Å². The SMILES string of the molecule is CCCC1=CCCC[C@@H]1C. The molecule has 58 valence electrons. The van der Waals surface area contributed by atoms with Gasteiger partial charge in [0.2, 0.25) is 0 Å². The molecule has 1 atom stereocenters. The van der Waals surface area contributed by atoms with Crippen molar-refractivity contribution >= 4 is 0 Å². The van der Waals surface area contributed by atoms with Crippen molar-refractivity contribution in [2.24, 2.45) is 5.92 Å². The predicted molar refractivity (Wildman–Crippen MR) is 46.0 cm³/mol. The molecule has 1 rings (SSSR count). The van der Waals surface area contributed by atoms with Crippen LogP contribution in [0.2, 0.25) is 0 Å². The van der Waals surface area contributed by atoms with Gasteiger partial charge in [0.1, 0.15) is 0 Å². The standard InChI is InChI=1S/C10H18/c1-3-6-10-8-5-4-7-9(10)2/h8-9H,3-7H2,1-2H3/t9-/m0/s1. The molecule has 0 saturated heterocycles. The average molecular weight is 138 g/mol. The molecule has 0 fully saturated rings. The van der Waals surface area contributed by atoms with Crippen LogP contribution in [0, 0.1) is 5.92 Å². The number of hydrogen-bond acceptors (Lipinski definition) is 0. The van der Waals surface area contributed by atoms with Gasteiger partial charge in [-0.25, -0.2) is 0 Å². The highest BCUT2D eigenvalue weighted by atomic mass is 14.2. The zero-order valence-corrected chi connectivity index (χ0v) is 7.19. The Morgan fingerprint density at radius 1 is 1.60 bits per heavy atom. The van der Waals surface area contributed by atoms with Crippen molar-refractivity contribution in [2.75, 3.05) is 0 Å². The summed E-state index contributed by atoms with van der Waals surface area (Å²) >= 11 is 0. The van der Waals surface area contributed by atoms with E-state index in [9.17, 15) is 0 Å². The van der Waals surface area contributed by atoms with Crippen molar-refractivity contribution in [2.45, 2.75) is 46.0 Å². The van der Waals surface area contributed by atoms with Gasteiger partial charge in [-0.05, 0) is 31.6 Å². The highest BCUT2D eigenvalue weighted by Gasteiger charge is 2.10. The molecule has 1 aliphatic carbocycles. The molecule has 0 radical (unpaired) electrons. The lowest BCUT2D eigenvalue weighted by Gasteiger charge is -2.19. The van der Waals surface area contributed by atoms with E-state index in [4.69, 9.17) is 0 Å². The Hall–Kier alpha value is -0.260. The van der Waals surface area contributed by atoms with Crippen molar-refractivity contribution in [1.82, 2.24) is 0 Å². The Bertz CT molecular complexity index is 122. The van der Waals surface area contributed by atoms with Crippen molar-refractivity contribution in [3.05, 3.63) is 11.6 Å². The fourth-order valence-electron chi connectivity index (χ4n) is 1.74. The molecule has 10 heavy (non-hydrogen) atoms. The Morgan fingerprint density at radius 2 is 2.40 bits per heavy atom. The van der Waals surface area contributed by atoms with Crippen LogP contribution in [0.15, 0.2) is 11.6 Å². The van der Waals surface area contributed by atoms with E-state index in [1.165, 1.54) is 32.1 Å². The van der Waals surface area contributed by atoms with Crippen LogP contribution in [-0.2, 0) is 0 Å². The van der Waals surface area contributed by atoms with Crippen LogP contribution in [-0.4, -0.2) is 0 Å². The summed E-state index contributed by atoms with van der Waals surface area (Å²) in [6.07, 6.45) is 9.27. The highest BCUT2D eigenvalue weighted by molar-refractivity contribution is 5.08. The van der Waals surface area contributed by atoms with Crippen LogP contribution in [0.5, 0.6) is 0 Å². The molecule has 0 amide bonds. The van der Waals surface area contributed by atoms with Crippen molar-refractivity contribution < 1.29 is 0 Å². The van der Waals surface area contributed by atoms with E-state index in [0.717, 1.165) is 5.92 Å². The van der Waals surface area contributed by atoms with Gasteiger partial charge in [0.05, 0.1) is 0 Å². The van der Waals surface area contributed by atoms with Gasteiger partial charge in [0.15, 0.2) is 0 Å². The second-order valence-corrected chi connectivity index (χ2v) is 3.36. The summed E-state index contributed by atoms with van der Waals surface area (Å²) in [7, 11) is 0. The van der Waals surface area contributed by atoms with Crippen molar-refractivity contribution in [3.63, 3.8) is 0 Å². The lowest BCUT2D eigenvalue weighted by Crippen LogP contribution is -2.03. The van der Waals surface area contributed by atoms with Gasteiger partial charge >= 0.3 is 0 Å². The summed E-state index contributed by atoms with van der Waals surface area (Å²) in [6, 6.07) is 0. The average Bonchev–Trinajstić information content (AvgIpc) is 1.94. The van der Waals surface area contributed by atoms with Gasteiger partial charge in [-0.3, -0.25) is 0 Å². The lowest BCUT2D eigenvalue weighted by atomic mass is 9.87. The first-order chi connectivity index (χ1) is 4.84. The zero-order chi connectivity index (χ0) is 7.40. The first-order valence-electron chi connectivity index (χ1n) is 4.53. The molecule has 0 bridgehead atoms. The van der Waals surface area contributed by atoms with Gasteiger partial charge in [-0.2, -0.15) is 0 Å². The maximum absolute atomic E-state index is 2.46. The predicted octanol–water partition coefficient (Wildman–Crippen LogP) is 3.53. The molecular weight excluding hydrogens is 120 g/mol. The first-order valence-corrected chi connectivity index (χ1v) is 4.53. The summed E-state index contributed by atoms with van der Waals surface area (Å²) in [5.41, 5.74) is 1.72. The molecule has 0 aromatic carbocycles.